The molecule has 0 atom stereocenters. The fraction of sp³-hybridized carbons (Fsp3) is 0.467. The zero-order valence-electron chi connectivity index (χ0n) is 11.8. The van der Waals surface area contributed by atoms with Crippen LogP contribution in [0.1, 0.15) is 19.3 Å². The van der Waals surface area contributed by atoms with Gasteiger partial charge in [0.05, 0.1) is 6.07 Å². The molecule has 112 valence electrons. The Morgan fingerprint density at radius 1 is 1.43 bits per heavy atom. The predicted octanol–water partition coefficient (Wildman–Crippen LogP) is 2.15. The summed E-state index contributed by atoms with van der Waals surface area (Å²) in [4.78, 5) is 13.5. The lowest BCUT2D eigenvalue weighted by Crippen LogP contribution is -2.25. The highest BCUT2D eigenvalue weighted by Crippen LogP contribution is 2.21. The number of hydrogen-bond donors (Lipinski definition) is 1. The number of likely N-dealkylation sites (tertiary alicyclic amines) is 1. The zero-order chi connectivity index (χ0) is 15.1. The van der Waals surface area contributed by atoms with Crippen molar-refractivity contribution in [2.24, 2.45) is 0 Å². The van der Waals surface area contributed by atoms with E-state index in [4.69, 9.17) is 10.00 Å². The Bertz CT molecular complexity index is 536. The number of hydrogen-bond acceptors (Lipinski definition) is 4. The molecule has 1 saturated heterocycles. The first kappa shape index (κ1) is 15.3. The van der Waals surface area contributed by atoms with Gasteiger partial charge in [-0.1, -0.05) is 0 Å². The molecule has 0 unspecified atom stereocenters. The molecule has 0 radical (unpaired) electrons. The third-order valence-corrected chi connectivity index (χ3v) is 3.32. The van der Waals surface area contributed by atoms with E-state index in [1.54, 1.807) is 12.1 Å². The summed E-state index contributed by atoms with van der Waals surface area (Å²) < 4.78 is 19.3. The molecular formula is C15H18FN3O2. The van der Waals surface area contributed by atoms with Crippen molar-refractivity contribution in [3.63, 3.8) is 0 Å². The minimum absolute atomic E-state index is 0.174. The van der Waals surface area contributed by atoms with Gasteiger partial charge in [0.15, 0.2) is 11.6 Å². The van der Waals surface area contributed by atoms with Crippen LogP contribution in [-0.4, -0.2) is 37.0 Å². The monoisotopic (exact) mass is 291 g/mol. The molecule has 21 heavy (non-hydrogen) atoms. The predicted molar refractivity (Wildman–Crippen MR) is 76.4 cm³/mol. The Labute approximate surface area is 123 Å². The van der Waals surface area contributed by atoms with Crippen molar-refractivity contribution in [3.8, 4) is 11.8 Å². The van der Waals surface area contributed by atoms with Crippen molar-refractivity contribution in [1.82, 2.24) is 4.90 Å². The number of nitrogens with one attached hydrogen (secondary N) is 1. The molecule has 1 aromatic rings. The molecule has 1 aliphatic heterocycles. The van der Waals surface area contributed by atoms with Crippen LogP contribution in [0.15, 0.2) is 18.2 Å². The summed E-state index contributed by atoms with van der Waals surface area (Å²) in [6.07, 6.45) is 2.17. The van der Waals surface area contributed by atoms with Gasteiger partial charge < -0.3 is 10.1 Å². The van der Waals surface area contributed by atoms with Crippen LogP contribution in [0.3, 0.4) is 0 Å². The molecule has 1 N–H and O–H groups in total. The second-order valence-corrected chi connectivity index (χ2v) is 4.93. The van der Waals surface area contributed by atoms with Crippen molar-refractivity contribution in [2.75, 3.05) is 31.6 Å². The molecule has 0 saturated carbocycles. The fourth-order valence-electron chi connectivity index (χ4n) is 2.26. The van der Waals surface area contributed by atoms with Gasteiger partial charge in [-0.15, -0.1) is 0 Å². The quantitative estimate of drug-likeness (QED) is 0.872. The topological polar surface area (TPSA) is 65.4 Å². The van der Waals surface area contributed by atoms with E-state index in [0.29, 0.717) is 12.3 Å². The van der Waals surface area contributed by atoms with Gasteiger partial charge in [0, 0.05) is 18.3 Å². The SMILES string of the molecule is N#CCC(=O)Nc1ccc(OCCN2CCCC2)c(F)c1. The minimum Gasteiger partial charge on any atom is -0.489 e. The van der Waals surface area contributed by atoms with Crippen LogP contribution in [0.2, 0.25) is 0 Å². The first-order valence-corrected chi connectivity index (χ1v) is 7.00. The number of amides is 1. The number of ether oxygens (including phenoxy) is 1. The van der Waals surface area contributed by atoms with Crippen LogP contribution in [0.25, 0.3) is 0 Å². The summed E-state index contributed by atoms with van der Waals surface area (Å²) >= 11 is 0. The number of carbonyl (C=O) groups excluding carboxylic acids is 1. The average Bonchev–Trinajstić information content (AvgIpc) is 2.94. The number of benzene rings is 1. The maximum atomic E-state index is 13.8. The fourth-order valence-corrected chi connectivity index (χ4v) is 2.26. The molecule has 0 aromatic heterocycles. The lowest BCUT2D eigenvalue weighted by atomic mass is 10.2. The first-order valence-electron chi connectivity index (χ1n) is 7.00. The number of carbonyl (C=O) groups is 1. The Hall–Kier alpha value is -2.13. The van der Waals surface area contributed by atoms with E-state index < -0.39 is 11.7 Å². The largest absolute Gasteiger partial charge is 0.489 e. The number of nitrogens with zero attached hydrogens (tertiary/aromatic N) is 2. The Balaban J connectivity index is 1.83. The summed E-state index contributed by atoms with van der Waals surface area (Å²) in [5.41, 5.74) is 0.319. The molecule has 2 rings (SSSR count). The van der Waals surface area contributed by atoms with Crippen molar-refractivity contribution in [2.45, 2.75) is 19.3 Å². The van der Waals surface area contributed by atoms with Crippen molar-refractivity contribution in [3.05, 3.63) is 24.0 Å². The highest BCUT2D eigenvalue weighted by atomic mass is 19.1. The second-order valence-electron chi connectivity index (χ2n) is 4.93. The molecule has 1 aromatic carbocycles. The minimum atomic E-state index is -0.522. The van der Waals surface area contributed by atoms with Crippen LogP contribution in [0, 0.1) is 17.1 Å². The van der Waals surface area contributed by atoms with E-state index in [-0.39, 0.29) is 12.2 Å². The number of halogens is 1. The van der Waals surface area contributed by atoms with Crippen LogP contribution in [0.4, 0.5) is 10.1 Å². The number of anilines is 1. The van der Waals surface area contributed by atoms with Crippen LogP contribution in [-0.2, 0) is 4.79 Å². The van der Waals surface area contributed by atoms with Crippen LogP contribution in [0.5, 0.6) is 5.75 Å². The molecular weight excluding hydrogens is 273 g/mol. The first-order chi connectivity index (χ1) is 10.2. The van der Waals surface area contributed by atoms with Gasteiger partial charge in [-0.3, -0.25) is 9.69 Å². The highest BCUT2D eigenvalue weighted by molar-refractivity contribution is 5.92. The Morgan fingerprint density at radius 2 is 2.19 bits per heavy atom. The summed E-state index contributed by atoms with van der Waals surface area (Å²) in [7, 11) is 0. The van der Waals surface area contributed by atoms with Crippen LogP contribution < -0.4 is 10.1 Å². The Kier molecular flexibility index (Phi) is 5.52. The highest BCUT2D eigenvalue weighted by Gasteiger charge is 2.12. The van der Waals surface area contributed by atoms with Gasteiger partial charge in [0.25, 0.3) is 0 Å². The van der Waals surface area contributed by atoms with E-state index in [1.165, 1.54) is 25.0 Å². The maximum Gasteiger partial charge on any atom is 0.238 e. The van der Waals surface area contributed by atoms with E-state index in [1.807, 2.05) is 0 Å². The van der Waals surface area contributed by atoms with E-state index >= 15 is 0 Å². The van der Waals surface area contributed by atoms with Crippen molar-refractivity contribution < 1.29 is 13.9 Å². The summed E-state index contributed by atoms with van der Waals surface area (Å²) in [6.45, 7) is 3.39. The van der Waals surface area contributed by atoms with Crippen molar-refractivity contribution in [1.29, 1.82) is 5.26 Å². The van der Waals surface area contributed by atoms with Gasteiger partial charge in [-0.25, -0.2) is 4.39 Å². The van der Waals surface area contributed by atoms with E-state index in [0.717, 1.165) is 19.6 Å². The maximum absolute atomic E-state index is 13.8. The average molecular weight is 291 g/mol. The zero-order valence-corrected chi connectivity index (χ0v) is 11.8. The molecule has 1 aliphatic rings. The number of rotatable bonds is 6. The summed E-state index contributed by atoms with van der Waals surface area (Å²) in [5, 5.41) is 10.8. The molecule has 6 heteroatoms. The normalized spacial score (nSPS) is 14.7. The van der Waals surface area contributed by atoms with Gasteiger partial charge in [0.1, 0.15) is 13.0 Å². The summed E-state index contributed by atoms with van der Waals surface area (Å²) in [5.74, 6) is -0.807. The molecule has 0 spiro atoms. The van der Waals surface area contributed by atoms with Gasteiger partial charge >= 0.3 is 0 Å². The van der Waals surface area contributed by atoms with E-state index in [9.17, 15) is 9.18 Å². The molecule has 5 nitrogen and oxygen atoms in total. The second kappa shape index (κ2) is 7.60. The van der Waals surface area contributed by atoms with Gasteiger partial charge in [-0.2, -0.15) is 5.26 Å². The van der Waals surface area contributed by atoms with E-state index in [2.05, 4.69) is 10.2 Å². The smallest absolute Gasteiger partial charge is 0.238 e. The molecule has 1 heterocycles. The molecule has 1 amide bonds. The van der Waals surface area contributed by atoms with Gasteiger partial charge in [-0.05, 0) is 38.1 Å². The lowest BCUT2D eigenvalue weighted by Gasteiger charge is -2.15. The third kappa shape index (κ3) is 4.72. The molecule has 0 bridgehead atoms. The molecule has 0 aliphatic carbocycles. The van der Waals surface area contributed by atoms with Crippen LogP contribution >= 0.6 is 0 Å². The lowest BCUT2D eigenvalue weighted by molar-refractivity contribution is -0.115. The van der Waals surface area contributed by atoms with Crippen molar-refractivity contribution >= 4 is 11.6 Å². The Morgan fingerprint density at radius 3 is 2.86 bits per heavy atom. The third-order valence-electron chi connectivity index (χ3n) is 3.32. The molecule has 1 fully saturated rings. The standard InChI is InChI=1S/C15H18FN3O2/c16-13-11-12(18-15(20)5-6-17)3-4-14(13)21-10-9-19-7-1-2-8-19/h3-4,11H,1-2,5,7-10H2,(H,18,20). The number of nitriles is 1. The summed E-state index contributed by atoms with van der Waals surface area (Å²) in [6, 6.07) is 5.97. The van der Waals surface area contributed by atoms with Gasteiger partial charge in [0.2, 0.25) is 5.91 Å².